The first-order valence-electron chi connectivity index (χ1n) is 10.3. The molecule has 0 aliphatic heterocycles. The highest BCUT2D eigenvalue weighted by Crippen LogP contribution is 2.37. The molecule has 0 bridgehead atoms. The van der Waals surface area contributed by atoms with Crippen LogP contribution in [0.2, 0.25) is 0 Å². The second kappa shape index (κ2) is 8.08. The Bertz CT molecular complexity index is 968. The van der Waals surface area contributed by atoms with Crippen molar-refractivity contribution in [2.45, 2.75) is 59.3 Å². The Labute approximate surface area is 172 Å². The minimum atomic E-state index is 0.673. The number of ether oxygens (including phenoxy) is 1. The van der Waals surface area contributed by atoms with E-state index in [1.54, 1.807) is 11.3 Å². The van der Waals surface area contributed by atoms with E-state index < -0.39 is 0 Å². The van der Waals surface area contributed by atoms with Gasteiger partial charge in [0.1, 0.15) is 10.8 Å². The average Bonchev–Trinajstić information content (AvgIpc) is 3.24. The van der Waals surface area contributed by atoms with Crippen LogP contribution < -0.4 is 4.74 Å². The molecule has 2 nitrogen and oxygen atoms in total. The second-order valence-corrected chi connectivity index (χ2v) is 9.20. The molecule has 1 aromatic heterocycles. The van der Waals surface area contributed by atoms with E-state index in [9.17, 15) is 0 Å². The molecule has 1 aliphatic carbocycles. The summed E-state index contributed by atoms with van der Waals surface area (Å²) in [5.41, 5.74) is 7.96. The van der Waals surface area contributed by atoms with Gasteiger partial charge in [0, 0.05) is 16.9 Å². The molecule has 0 N–H and O–H groups in total. The van der Waals surface area contributed by atoms with Crippen molar-refractivity contribution in [1.29, 1.82) is 0 Å². The maximum absolute atomic E-state index is 6.08. The highest BCUT2D eigenvalue weighted by Gasteiger charge is 2.21. The van der Waals surface area contributed by atoms with Crippen LogP contribution in [0.25, 0.3) is 10.6 Å². The van der Waals surface area contributed by atoms with E-state index in [1.165, 1.54) is 52.0 Å². The fraction of sp³-hybridized carbons (Fsp3) is 0.400. The summed E-state index contributed by atoms with van der Waals surface area (Å²) < 4.78 is 6.08. The average molecular weight is 392 g/mol. The van der Waals surface area contributed by atoms with Crippen molar-refractivity contribution in [3.63, 3.8) is 0 Å². The van der Waals surface area contributed by atoms with Crippen molar-refractivity contribution < 1.29 is 4.74 Å². The summed E-state index contributed by atoms with van der Waals surface area (Å²) in [5.74, 6) is 1.74. The number of benzene rings is 2. The van der Waals surface area contributed by atoms with Gasteiger partial charge >= 0.3 is 0 Å². The van der Waals surface area contributed by atoms with E-state index in [-0.39, 0.29) is 0 Å². The maximum atomic E-state index is 6.08. The van der Waals surface area contributed by atoms with Gasteiger partial charge in [-0.1, -0.05) is 30.2 Å². The van der Waals surface area contributed by atoms with Crippen molar-refractivity contribution >= 4 is 11.3 Å². The van der Waals surface area contributed by atoms with E-state index >= 15 is 0 Å². The van der Waals surface area contributed by atoms with Crippen LogP contribution in [0.1, 0.15) is 58.5 Å². The smallest absolute Gasteiger partial charge is 0.123 e. The Hall–Kier alpha value is -2.13. The lowest BCUT2D eigenvalue weighted by Gasteiger charge is -2.10. The molecular formula is C25H29NOS. The molecule has 146 valence electrons. The highest BCUT2D eigenvalue weighted by atomic mass is 32.1. The van der Waals surface area contributed by atoms with Gasteiger partial charge in [-0.25, -0.2) is 4.98 Å². The van der Waals surface area contributed by atoms with Gasteiger partial charge in [0.15, 0.2) is 0 Å². The molecule has 1 atom stereocenters. The molecule has 28 heavy (non-hydrogen) atoms. The van der Waals surface area contributed by atoms with E-state index in [0.29, 0.717) is 6.61 Å². The Morgan fingerprint density at radius 1 is 1.07 bits per heavy atom. The molecule has 0 unspecified atom stereocenters. The van der Waals surface area contributed by atoms with E-state index in [4.69, 9.17) is 9.72 Å². The first-order valence-corrected chi connectivity index (χ1v) is 11.2. The Balaban J connectivity index is 1.41. The molecule has 3 heteroatoms. The van der Waals surface area contributed by atoms with E-state index in [2.05, 4.69) is 64.1 Å². The molecule has 1 aliphatic rings. The SMILES string of the molecule is CC[C@@H]1CCc2cc(OCCc3nc(-c4cc(C)cc(C)c4)sc3C)ccc21. The zero-order valence-corrected chi connectivity index (χ0v) is 18.2. The normalized spacial score (nSPS) is 15.6. The number of rotatable bonds is 6. The summed E-state index contributed by atoms with van der Waals surface area (Å²) in [7, 11) is 0. The quantitative estimate of drug-likeness (QED) is 0.461. The molecule has 2 aromatic carbocycles. The summed E-state index contributed by atoms with van der Waals surface area (Å²) in [6, 6.07) is 13.3. The summed E-state index contributed by atoms with van der Waals surface area (Å²) in [5, 5.41) is 1.11. The number of nitrogens with zero attached hydrogens (tertiary/aromatic N) is 1. The van der Waals surface area contributed by atoms with Gasteiger partial charge < -0.3 is 4.74 Å². The van der Waals surface area contributed by atoms with Gasteiger partial charge in [0.2, 0.25) is 0 Å². The van der Waals surface area contributed by atoms with Gasteiger partial charge in [-0.05, 0) is 81.3 Å². The summed E-state index contributed by atoms with van der Waals surface area (Å²) in [6.45, 7) is 9.41. The van der Waals surface area contributed by atoms with Crippen LogP contribution in [0.3, 0.4) is 0 Å². The van der Waals surface area contributed by atoms with Gasteiger partial charge in [0.05, 0.1) is 12.3 Å². The standard InChI is InChI=1S/C25H29NOS/c1-5-19-6-7-20-15-22(8-9-23(19)20)27-11-10-24-18(4)28-25(26-24)21-13-16(2)12-17(3)14-21/h8-9,12-15,19H,5-7,10-11H2,1-4H3/t19-/m1/s1. The van der Waals surface area contributed by atoms with Gasteiger partial charge in [-0.3, -0.25) is 0 Å². The number of aryl methyl sites for hydroxylation is 4. The summed E-state index contributed by atoms with van der Waals surface area (Å²) in [6.07, 6.45) is 4.56. The molecule has 0 saturated carbocycles. The van der Waals surface area contributed by atoms with Crippen molar-refractivity contribution in [2.75, 3.05) is 6.61 Å². The first kappa shape index (κ1) is 19.2. The van der Waals surface area contributed by atoms with Gasteiger partial charge in [-0.15, -0.1) is 11.3 Å². The van der Waals surface area contributed by atoms with Crippen LogP contribution in [0.5, 0.6) is 5.75 Å². The zero-order chi connectivity index (χ0) is 19.7. The predicted molar refractivity (Wildman–Crippen MR) is 119 cm³/mol. The van der Waals surface area contributed by atoms with Crippen LogP contribution in [0.4, 0.5) is 0 Å². The molecule has 1 heterocycles. The van der Waals surface area contributed by atoms with E-state index in [1.807, 2.05) is 0 Å². The molecule has 0 radical (unpaired) electrons. The van der Waals surface area contributed by atoms with Crippen LogP contribution in [-0.2, 0) is 12.8 Å². The highest BCUT2D eigenvalue weighted by molar-refractivity contribution is 7.15. The van der Waals surface area contributed by atoms with Gasteiger partial charge in [0.25, 0.3) is 0 Å². The molecular weight excluding hydrogens is 362 g/mol. The van der Waals surface area contributed by atoms with E-state index in [0.717, 1.165) is 28.8 Å². The Morgan fingerprint density at radius 2 is 1.86 bits per heavy atom. The van der Waals surface area contributed by atoms with Crippen molar-refractivity contribution in [3.8, 4) is 16.3 Å². The molecule has 0 saturated heterocycles. The fourth-order valence-electron chi connectivity index (χ4n) is 4.34. The van der Waals surface area contributed by atoms with Crippen molar-refractivity contribution in [3.05, 3.63) is 69.2 Å². The number of fused-ring (bicyclic) bond motifs is 1. The van der Waals surface area contributed by atoms with Crippen LogP contribution >= 0.6 is 11.3 Å². The molecule has 0 amide bonds. The minimum absolute atomic E-state index is 0.673. The number of aromatic nitrogens is 1. The third kappa shape index (κ3) is 4.00. The Morgan fingerprint density at radius 3 is 2.61 bits per heavy atom. The first-order chi connectivity index (χ1) is 13.5. The Kier molecular flexibility index (Phi) is 5.54. The number of hydrogen-bond acceptors (Lipinski definition) is 3. The fourth-order valence-corrected chi connectivity index (χ4v) is 5.29. The maximum Gasteiger partial charge on any atom is 0.123 e. The summed E-state index contributed by atoms with van der Waals surface area (Å²) in [4.78, 5) is 6.20. The minimum Gasteiger partial charge on any atom is -0.493 e. The lowest BCUT2D eigenvalue weighted by atomic mass is 9.99. The molecule has 4 rings (SSSR count). The zero-order valence-electron chi connectivity index (χ0n) is 17.3. The van der Waals surface area contributed by atoms with Gasteiger partial charge in [-0.2, -0.15) is 0 Å². The third-order valence-electron chi connectivity index (χ3n) is 5.78. The largest absolute Gasteiger partial charge is 0.493 e. The monoisotopic (exact) mass is 391 g/mol. The molecule has 0 fully saturated rings. The molecule has 0 spiro atoms. The second-order valence-electron chi connectivity index (χ2n) is 8.00. The predicted octanol–water partition coefficient (Wildman–Crippen LogP) is 6.80. The van der Waals surface area contributed by atoms with Crippen LogP contribution in [-0.4, -0.2) is 11.6 Å². The van der Waals surface area contributed by atoms with Crippen LogP contribution in [0, 0.1) is 20.8 Å². The van der Waals surface area contributed by atoms with Crippen LogP contribution in [0.15, 0.2) is 36.4 Å². The summed E-state index contributed by atoms with van der Waals surface area (Å²) >= 11 is 1.78. The topological polar surface area (TPSA) is 22.1 Å². The number of thiazole rings is 1. The third-order valence-corrected chi connectivity index (χ3v) is 6.84. The van der Waals surface area contributed by atoms with Crippen molar-refractivity contribution in [2.24, 2.45) is 0 Å². The number of hydrogen-bond donors (Lipinski definition) is 0. The lowest BCUT2D eigenvalue weighted by molar-refractivity contribution is 0.320. The van der Waals surface area contributed by atoms with Crippen molar-refractivity contribution in [1.82, 2.24) is 4.98 Å². The molecule has 3 aromatic rings. The lowest BCUT2D eigenvalue weighted by Crippen LogP contribution is -2.03.